The van der Waals surface area contributed by atoms with E-state index in [1.54, 1.807) is 12.4 Å². The first kappa shape index (κ1) is 26.7. The Labute approximate surface area is 215 Å². The fraction of sp³-hybridized carbons (Fsp3) is 0.100. The topological polar surface area (TPSA) is 62.8 Å². The molecule has 11 heteroatoms. The lowest BCUT2D eigenvalue weighted by molar-refractivity contribution is 0.600. The molecule has 0 amide bonds. The zero-order valence-corrected chi connectivity index (χ0v) is 23.2. The molecule has 0 bridgehead atoms. The Morgan fingerprint density at radius 3 is 1.87 bits per heavy atom. The van der Waals surface area contributed by atoms with Gasteiger partial charge in [-0.3, -0.25) is 9.36 Å². The maximum atomic E-state index is 11.4. The molecule has 0 fully saturated rings. The molecule has 2 aromatic carbocycles. The van der Waals surface area contributed by atoms with Gasteiger partial charge in [0, 0.05) is 32.1 Å². The van der Waals surface area contributed by atoms with Crippen LogP contribution < -0.4 is 5.56 Å². The van der Waals surface area contributed by atoms with Crippen molar-refractivity contribution in [2.45, 2.75) is 13.8 Å². The maximum Gasteiger partial charge on any atom is 0.339 e. The van der Waals surface area contributed by atoms with Crippen LogP contribution in [0.1, 0.15) is 11.1 Å². The van der Waals surface area contributed by atoms with Crippen LogP contribution in [0.25, 0.3) is 21.5 Å². The van der Waals surface area contributed by atoms with Crippen LogP contribution in [0.15, 0.2) is 62.5 Å². The van der Waals surface area contributed by atoms with Gasteiger partial charge in [0.1, 0.15) is 5.15 Å². The first-order chi connectivity index (χ1) is 14.4. The molecule has 0 aliphatic rings. The van der Waals surface area contributed by atoms with Crippen molar-refractivity contribution in [3.05, 3.63) is 84.4 Å². The molecule has 164 valence electrons. The highest BCUT2D eigenvalue weighted by Gasteiger charge is 2.04. The number of halogens is 6. The lowest BCUT2D eigenvalue weighted by atomic mass is 10.1. The Kier molecular flexibility index (Phi) is 9.90. The van der Waals surface area contributed by atoms with E-state index in [1.165, 1.54) is 5.56 Å². The molecule has 4 rings (SSSR count). The number of pyridine rings is 2. The summed E-state index contributed by atoms with van der Waals surface area (Å²) < 4.78 is 11.6. The Morgan fingerprint density at radius 1 is 0.839 bits per heavy atom. The van der Waals surface area contributed by atoms with E-state index in [1.807, 2.05) is 43.3 Å². The Balaban J connectivity index is 0.000000182. The summed E-state index contributed by atoms with van der Waals surface area (Å²) in [6.07, 6.45) is 3.40. The monoisotopic (exact) mass is 644 g/mol. The van der Waals surface area contributed by atoms with Crippen molar-refractivity contribution in [1.29, 1.82) is 0 Å². The lowest BCUT2D eigenvalue weighted by Crippen LogP contribution is -2.04. The lowest BCUT2D eigenvalue weighted by Gasteiger charge is -2.04. The van der Waals surface area contributed by atoms with Crippen LogP contribution in [0.5, 0.6) is 0 Å². The fourth-order valence-corrected chi connectivity index (χ4v) is 3.65. The normalized spacial score (nSPS) is 10.8. The highest BCUT2D eigenvalue weighted by Crippen LogP contribution is 2.61. The van der Waals surface area contributed by atoms with E-state index in [0.29, 0.717) is 5.15 Å². The molecular weight excluding hydrogens is 633 g/mol. The first-order valence-corrected chi connectivity index (χ1v) is 14.9. The molecule has 0 unspecified atom stereocenters. The van der Waals surface area contributed by atoms with Gasteiger partial charge >= 0.3 is 5.20 Å². The van der Waals surface area contributed by atoms with E-state index in [0.717, 1.165) is 36.1 Å². The van der Waals surface area contributed by atoms with Crippen LogP contribution in [0.4, 0.5) is 0 Å². The summed E-state index contributed by atoms with van der Waals surface area (Å²) in [5, 5.41) is 1.23. The van der Waals surface area contributed by atoms with E-state index >= 15 is 0 Å². The number of nitrogens with one attached hydrogen (secondary N) is 1. The van der Waals surface area contributed by atoms with Gasteiger partial charge in [-0.1, -0.05) is 49.5 Å². The van der Waals surface area contributed by atoms with Crippen molar-refractivity contribution in [1.82, 2.24) is 9.97 Å². The van der Waals surface area contributed by atoms with Gasteiger partial charge in [0.25, 0.3) is 5.56 Å². The maximum absolute atomic E-state index is 11.4. The molecule has 0 aliphatic heterocycles. The Morgan fingerprint density at radius 2 is 1.32 bits per heavy atom. The highest BCUT2D eigenvalue weighted by molar-refractivity contribution is 9.10. The number of aromatic amines is 1. The molecule has 0 saturated heterocycles. The summed E-state index contributed by atoms with van der Waals surface area (Å²) in [7, 11) is 0. The van der Waals surface area contributed by atoms with Gasteiger partial charge in [-0.2, -0.15) is 0 Å². The predicted molar refractivity (Wildman–Crippen MR) is 141 cm³/mol. The van der Waals surface area contributed by atoms with E-state index in [9.17, 15) is 9.36 Å². The number of fused-ring (bicyclic) bond motifs is 2. The first-order valence-electron chi connectivity index (χ1n) is 8.55. The largest absolute Gasteiger partial charge is 0.339 e. The Hall–Kier alpha value is -0.590. The molecule has 31 heavy (non-hydrogen) atoms. The van der Waals surface area contributed by atoms with Crippen LogP contribution in [0, 0.1) is 13.8 Å². The third-order valence-corrected chi connectivity index (χ3v) is 6.28. The van der Waals surface area contributed by atoms with E-state index in [-0.39, 0.29) is 5.56 Å². The Bertz CT molecular complexity index is 1330. The zero-order valence-electron chi connectivity index (χ0n) is 16.1. The van der Waals surface area contributed by atoms with Crippen LogP contribution in [-0.4, -0.2) is 9.97 Å². The zero-order chi connectivity index (χ0) is 23.3. The molecule has 0 spiro atoms. The van der Waals surface area contributed by atoms with Crippen molar-refractivity contribution in [3.8, 4) is 0 Å². The number of H-pyrrole nitrogens is 1. The average Bonchev–Trinajstić information content (AvgIpc) is 2.68. The van der Waals surface area contributed by atoms with Gasteiger partial charge in [0.05, 0.1) is 0 Å². The van der Waals surface area contributed by atoms with Crippen LogP contribution in [-0.2, 0) is 4.57 Å². The highest BCUT2D eigenvalue weighted by atomic mass is 79.9. The molecule has 2 aromatic heterocycles. The third kappa shape index (κ3) is 7.75. The SMILES string of the molecule is Cc1c(Br)ccc2c(=O)[nH]ccc12.Cc1c(Br)ccc2c(Cl)nccc12.O=P(Cl)(Cl)Cl. The molecule has 0 saturated carbocycles. The predicted octanol–water partition coefficient (Wildman–Crippen LogP) is 9.37. The van der Waals surface area contributed by atoms with E-state index in [4.69, 9.17) is 11.6 Å². The fourth-order valence-electron chi connectivity index (χ4n) is 2.74. The standard InChI is InChI=1S/C10H7BrClN.C10H8BrNO.Cl3OP/c1-6-7-4-5-13-10(12)8(7)2-3-9(6)11;1-6-7-4-5-12-10(13)8(7)2-3-9(6)11;1-5(2,3)4/h2-5H,1H3;2-5H,1H3,(H,12,13);. The van der Waals surface area contributed by atoms with Crippen molar-refractivity contribution in [2.75, 3.05) is 0 Å². The summed E-state index contributed by atoms with van der Waals surface area (Å²) in [6, 6.07) is 11.6. The van der Waals surface area contributed by atoms with Gasteiger partial charge in [-0.15, -0.1) is 0 Å². The van der Waals surface area contributed by atoms with Crippen molar-refractivity contribution >= 4 is 104 Å². The minimum Gasteiger partial charge on any atom is -0.329 e. The van der Waals surface area contributed by atoms with Crippen molar-refractivity contribution < 1.29 is 4.57 Å². The number of nitrogens with zero attached hydrogens (tertiary/aromatic N) is 1. The van der Waals surface area contributed by atoms with Gasteiger partial charge in [-0.05, 0) is 99.8 Å². The minimum atomic E-state index is -3.22. The molecule has 4 nitrogen and oxygen atoms in total. The molecule has 1 N–H and O–H groups in total. The molecular formula is C20H15Br2Cl4N2O2P. The molecule has 0 aliphatic carbocycles. The van der Waals surface area contributed by atoms with Gasteiger partial charge < -0.3 is 4.98 Å². The number of hydrogen-bond acceptors (Lipinski definition) is 3. The second kappa shape index (κ2) is 11.5. The average molecular weight is 648 g/mol. The molecule has 0 radical (unpaired) electrons. The summed E-state index contributed by atoms with van der Waals surface area (Å²) in [6.45, 7) is 4.05. The second-order valence-corrected chi connectivity index (χ2v) is 14.9. The summed E-state index contributed by atoms with van der Waals surface area (Å²) in [4.78, 5) is 18.0. The minimum absolute atomic E-state index is 0.0342. The van der Waals surface area contributed by atoms with Gasteiger partial charge in [0.2, 0.25) is 0 Å². The van der Waals surface area contributed by atoms with E-state index < -0.39 is 5.20 Å². The summed E-state index contributed by atoms with van der Waals surface area (Å²) in [5.41, 5.74) is 2.26. The van der Waals surface area contributed by atoms with Crippen LogP contribution in [0.3, 0.4) is 0 Å². The summed E-state index contributed by atoms with van der Waals surface area (Å²) >= 11 is 26.7. The van der Waals surface area contributed by atoms with Crippen molar-refractivity contribution in [2.24, 2.45) is 0 Å². The van der Waals surface area contributed by atoms with Crippen LogP contribution in [0.2, 0.25) is 5.15 Å². The van der Waals surface area contributed by atoms with Crippen molar-refractivity contribution in [3.63, 3.8) is 0 Å². The number of aromatic nitrogens is 2. The number of rotatable bonds is 0. The summed E-state index contributed by atoms with van der Waals surface area (Å²) in [5.74, 6) is 0. The second-order valence-electron chi connectivity index (χ2n) is 6.21. The molecule has 4 aromatic rings. The number of hydrogen-bond donors (Lipinski definition) is 1. The molecule has 2 heterocycles. The van der Waals surface area contributed by atoms with Gasteiger partial charge in [-0.25, -0.2) is 4.98 Å². The third-order valence-electron chi connectivity index (χ3n) is 4.26. The van der Waals surface area contributed by atoms with Crippen LogP contribution >= 0.6 is 82.4 Å². The molecule has 0 atom stereocenters. The van der Waals surface area contributed by atoms with Gasteiger partial charge in [0.15, 0.2) is 0 Å². The quantitative estimate of drug-likeness (QED) is 0.153. The van der Waals surface area contributed by atoms with E-state index in [2.05, 4.69) is 82.5 Å². The number of benzene rings is 2. The smallest absolute Gasteiger partial charge is 0.329 e. The number of aryl methyl sites for hydroxylation is 2.